The van der Waals surface area contributed by atoms with Crippen molar-refractivity contribution in [3.05, 3.63) is 52.4 Å². The van der Waals surface area contributed by atoms with Crippen molar-refractivity contribution in [1.82, 2.24) is 0 Å². The van der Waals surface area contributed by atoms with E-state index >= 15 is 0 Å². The largest absolute Gasteiger partial charge is 0.497 e. The van der Waals surface area contributed by atoms with E-state index in [-0.39, 0.29) is 29.7 Å². The smallest absolute Gasteiger partial charge is 0.311 e. The Morgan fingerprint density at radius 1 is 1.07 bits per heavy atom. The van der Waals surface area contributed by atoms with Gasteiger partial charge in [-0.3, -0.25) is 9.59 Å². The van der Waals surface area contributed by atoms with Crippen LogP contribution in [0, 0.1) is 5.92 Å². The molecule has 0 saturated heterocycles. The molecule has 0 bridgehead atoms. The van der Waals surface area contributed by atoms with Crippen molar-refractivity contribution in [3.8, 4) is 28.4 Å². The molecule has 6 nitrogen and oxygen atoms in total. The molecule has 0 aliphatic carbocycles. The van der Waals surface area contributed by atoms with Crippen LogP contribution < -0.4 is 19.6 Å². The molecule has 0 radical (unpaired) electrons. The maximum absolute atomic E-state index is 13.4. The van der Waals surface area contributed by atoms with Gasteiger partial charge < -0.3 is 18.6 Å². The van der Waals surface area contributed by atoms with E-state index in [2.05, 4.69) is 0 Å². The van der Waals surface area contributed by atoms with Gasteiger partial charge in [0.15, 0.2) is 0 Å². The average Bonchev–Trinajstić information content (AvgIpc) is 2.72. The van der Waals surface area contributed by atoms with E-state index in [4.69, 9.17) is 18.6 Å². The molecule has 0 saturated carbocycles. The van der Waals surface area contributed by atoms with Gasteiger partial charge in [0.25, 0.3) is 0 Å². The van der Waals surface area contributed by atoms with Crippen molar-refractivity contribution in [2.45, 2.75) is 26.2 Å². The van der Waals surface area contributed by atoms with Gasteiger partial charge in [-0.2, -0.15) is 0 Å². The van der Waals surface area contributed by atoms with Crippen LogP contribution in [0.1, 0.15) is 31.7 Å². The molecule has 1 aliphatic rings. The standard InChI is InChI=1S/C23H22O6/c1-12(2)15-9-19(24)29-18-10-17(27-4)21-22(25)16(11-28-23(21)20(15)18)13-5-7-14(26-3)8-6-13/h5-8,10-12,15H,9H2,1-4H3/t15-/m1/s1. The molecule has 1 aliphatic heterocycles. The molecule has 3 aromatic rings. The summed E-state index contributed by atoms with van der Waals surface area (Å²) in [4.78, 5) is 25.5. The molecule has 150 valence electrons. The van der Waals surface area contributed by atoms with Crippen molar-refractivity contribution < 1.29 is 23.4 Å². The number of hydrogen-bond acceptors (Lipinski definition) is 6. The molecule has 0 unspecified atom stereocenters. The SMILES string of the molecule is COc1ccc(-c2coc3c4c(cc(OC)c3c2=O)OC(=O)C[C@@H]4C(C)C)cc1. The lowest BCUT2D eigenvalue weighted by atomic mass is 9.82. The third kappa shape index (κ3) is 3.14. The zero-order chi connectivity index (χ0) is 20.7. The number of rotatable bonds is 4. The number of benzene rings is 2. The van der Waals surface area contributed by atoms with Crippen molar-refractivity contribution in [2.75, 3.05) is 14.2 Å². The van der Waals surface area contributed by atoms with E-state index in [1.54, 1.807) is 37.4 Å². The first-order valence-corrected chi connectivity index (χ1v) is 9.46. The van der Waals surface area contributed by atoms with Crippen LogP contribution in [0.15, 0.2) is 45.8 Å². The minimum absolute atomic E-state index is 0.102. The third-order valence-electron chi connectivity index (χ3n) is 5.42. The predicted octanol–water partition coefficient (Wildman–Crippen LogP) is 4.53. The second-order valence-electron chi connectivity index (χ2n) is 7.43. The van der Waals surface area contributed by atoms with Crippen LogP contribution in [0.3, 0.4) is 0 Å². The van der Waals surface area contributed by atoms with Crippen LogP contribution >= 0.6 is 0 Å². The van der Waals surface area contributed by atoms with Crippen LogP contribution in [0.4, 0.5) is 0 Å². The fourth-order valence-corrected chi connectivity index (χ4v) is 3.85. The molecule has 2 heterocycles. The summed E-state index contributed by atoms with van der Waals surface area (Å²) in [7, 11) is 3.07. The quantitative estimate of drug-likeness (QED) is 0.478. The van der Waals surface area contributed by atoms with Crippen LogP contribution in [0.5, 0.6) is 17.2 Å². The Balaban J connectivity index is 2.00. The van der Waals surface area contributed by atoms with E-state index in [1.165, 1.54) is 13.4 Å². The van der Waals surface area contributed by atoms with Crippen molar-refractivity contribution in [1.29, 1.82) is 0 Å². The molecule has 29 heavy (non-hydrogen) atoms. The fraction of sp³-hybridized carbons (Fsp3) is 0.304. The van der Waals surface area contributed by atoms with E-state index < -0.39 is 0 Å². The lowest BCUT2D eigenvalue weighted by Gasteiger charge is -2.28. The Morgan fingerprint density at radius 3 is 2.41 bits per heavy atom. The minimum Gasteiger partial charge on any atom is -0.497 e. The first-order chi connectivity index (χ1) is 13.9. The van der Waals surface area contributed by atoms with Crippen LogP contribution in [0.25, 0.3) is 22.1 Å². The fourth-order valence-electron chi connectivity index (χ4n) is 3.85. The summed E-state index contributed by atoms with van der Waals surface area (Å²) in [5, 5.41) is 0.350. The monoisotopic (exact) mass is 394 g/mol. The number of methoxy groups -OCH3 is 2. The predicted molar refractivity (Wildman–Crippen MR) is 109 cm³/mol. The molecule has 0 N–H and O–H groups in total. The van der Waals surface area contributed by atoms with Gasteiger partial charge in [0.1, 0.15) is 34.5 Å². The summed E-state index contributed by atoms with van der Waals surface area (Å²) in [5.74, 6) is 1.19. The molecular formula is C23H22O6. The average molecular weight is 394 g/mol. The second kappa shape index (κ2) is 7.28. The van der Waals surface area contributed by atoms with E-state index in [1.807, 2.05) is 13.8 Å². The topological polar surface area (TPSA) is 75.0 Å². The van der Waals surface area contributed by atoms with Gasteiger partial charge in [0.05, 0.1) is 26.2 Å². The normalized spacial score (nSPS) is 15.9. The summed E-state index contributed by atoms with van der Waals surface area (Å²) < 4.78 is 22.1. The summed E-state index contributed by atoms with van der Waals surface area (Å²) in [6, 6.07) is 8.80. The lowest BCUT2D eigenvalue weighted by molar-refractivity contribution is -0.136. The molecule has 0 amide bonds. The summed E-state index contributed by atoms with van der Waals surface area (Å²) in [6.07, 6.45) is 1.70. The number of carbonyl (C=O) groups excluding carboxylic acids is 1. The van der Waals surface area contributed by atoms with Gasteiger partial charge in [-0.1, -0.05) is 26.0 Å². The molecule has 1 aromatic heterocycles. The molecule has 4 rings (SSSR count). The van der Waals surface area contributed by atoms with Gasteiger partial charge in [0, 0.05) is 17.5 Å². The molecule has 1 atom stereocenters. The molecule has 2 aromatic carbocycles. The Bertz CT molecular complexity index is 1140. The Labute approximate surface area is 168 Å². The highest BCUT2D eigenvalue weighted by atomic mass is 16.5. The molecule has 0 fully saturated rings. The maximum atomic E-state index is 13.4. The number of hydrogen-bond donors (Lipinski definition) is 0. The Morgan fingerprint density at radius 2 is 1.79 bits per heavy atom. The van der Waals surface area contributed by atoms with E-state index in [0.29, 0.717) is 39.3 Å². The van der Waals surface area contributed by atoms with Crippen LogP contribution in [-0.4, -0.2) is 20.2 Å². The van der Waals surface area contributed by atoms with Gasteiger partial charge in [-0.05, 0) is 23.6 Å². The van der Waals surface area contributed by atoms with E-state index in [0.717, 1.165) is 5.56 Å². The highest BCUT2D eigenvalue weighted by Gasteiger charge is 2.34. The number of carbonyl (C=O) groups is 1. The van der Waals surface area contributed by atoms with Gasteiger partial charge in [-0.15, -0.1) is 0 Å². The number of esters is 1. The maximum Gasteiger partial charge on any atom is 0.311 e. The summed E-state index contributed by atoms with van der Waals surface area (Å²) >= 11 is 0. The third-order valence-corrected chi connectivity index (χ3v) is 5.42. The molecular weight excluding hydrogens is 372 g/mol. The Kier molecular flexibility index (Phi) is 4.78. The first kappa shape index (κ1) is 19.1. The molecule has 6 heteroatoms. The minimum atomic E-state index is -0.296. The number of ether oxygens (including phenoxy) is 3. The van der Waals surface area contributed by atoms with Crippen molar-refractivity contribution in [3.63, 3.8) is 0 Å². The Hall–Kier alpha value is -3.28. The van der Waals surface area contributed by atoms with Crippen molar-refractivity contribution >= 4 is 16.9 Å². The number of fused-ring (bicyclic) bond motifs is 3. The van der Waals surface area contributed by atoms with Gasteiger partial charge in [0.2, 0.25) is 5.43 Å². The first-order valence-electron chi connectivity index (χ1n) is 9.46. The highest BCUT2D eigenvalue weighted by molar-refractivity contribution is 5.93. The summed E-state index contributed by atoms with van der Waals surface area (Å²) in [6.45, 7) is 4.07. The van der Waals surface area contributed by atoms with Crippen molar-refractivity contribution in [2.24, 2.45) is 5.92 Å². The summed E-state index contributed by atoms with van der Waals surface area (Å²) in [5.41, 5.74) is 2.09. The van der Waals surface area contributed by atoms with Gasteiger partial charge >= 0.3 is 5.97 Å². The van der Waals surface area contributed by atoms with E-state index in [9.17, 15) is 9.59 Å². The van der Waals surface area contributed by atoms with Crippen LogP contribution in [-0.2, 0) is 4.79 Å². The second-order valence-corrected chi connectivity index (χ2v) is 7.43. The van der Waals surface area contributed by atoms with Gasteiger partial charge in [-0.25, -0.2) is 0 Å². The van der Waals surface area contributed by atoms with Crippen LogP contribution in [0.2, 0.25) is 0 Å². The highest BCUT2D eigenvalue weighted by Crippen LogP contribution is 2.45. The zero-order valence-corrected chi connectivity index (χ0v) is 16.8. The molecule has 0 spiro atoms. The lowest BCUT2D eigenvalue weighted by Crippen LogP contribution is -2.24. The zero-order valence-electron chi connectivity index (χ0n) is 16.8.